The standard InChI is InChI=1S/C12H13.2CH3.Hf/c1-9(2)11-8-7-10-5-3-4-6-12(10)11;;;/h3-9H,1-2H3;2*1H3;/q3*-1;. The Labute approximate surface area is 113 Å². The van der Waals surface area contributed by atoms with Crippen molar-refractivity contribution in [2.45, 2.75) is 19.8 Å². The van der Waals surface area contributed by atoms with Crippen molar-refractivity contribution in [3.63, 3.8) is 0 Å². The van der Waals surface area contributed by atoms with Gasteiger partial charge >= 0.3 is 0 Å². The van der Waals surface area contributed by atoms with Crippen LogP contribution in [0.2, 0.25) is 0 Å². The van der Waals surface area contributed by atoms with Crippen molar-refractivity contribution in [1.29, 1.82) is 0 Å². The van der Waals surface area contributed by atoms with E-state index >= 15 is 0 Å². The number of rotatable bonds is 1. The molecule has 0 atom stereocenters. The quantitative estimate of drug-likeness (QED) is 0.512. The van der Waals surface area contributed by atoms with Crippen molar-refractivity contribution in [2.24, 2.45) is 0 Å². The first-order valence-corrected chi connectivity index (χ1v) is 4.43. The summed E-state index contributed by atoms with van der Waals surface area (Å²) in [5, 5.41) is 2.77. The van der Waals surface area contributed by atoms with E-state index in [2.05, 4.69) is 50.2 Å². The molecule has 15 heavy (non-hydrogen) atoms. The predicted molar refractivity (Wildman–Crippen MR) is 66.5 cm³/mol. The molecule has 1 heteroatoms. The van der Waals surface area contributed by atoms with Gasteiger partial charge in [0.1, 0.15) is 0 Å². The van der Waals surface area contributed by atoms with Gasteiger partial charge in [0, 0.05) is 25.8 Å². The molecule has 0 aliphatic heterocycles. The second-order valence-corrected chi connectivity index (χ2v) is 3.53. The largest absolute Gasteiger partial charge is 0.358 e. The third-order valence-electron chi connectivity index (χ3n) is 2.34. The van der Waals surface area contributed by atoms with Gasteiger partial charge in [0.2, 0.25) is 0 Å². The van der Waals surface area contributed by atoms with E-state index in [0.29, 0.717) is 5.92 Å². The number of benzene rings is 1. The van der Waals surface area contributed by atoms with Gasteiger partial charge < -0.3 is 14.9 Å². The van der Waals surface area contributed by atoms with Crippen molar-refractivity contribution in [1.82, 2.24) is 0 Å². The van der Waals surface area contributed by atoms with Gasteiger partial charge in [-0.2, -0.15) is 6.07 Å². The minimum atomic E-state index is 0. The fourth-order valence-corrected chi connectivity index (χ4v) is 1.68. The Morgan fingerprint density at radius 1 is 1.00 bits per heavy atom. The molecule has 0 N–H and O–H groups in total. The van der Waals surface area contributed by atoms with E-state index < -0.39 is 0 Å². The molecule has 0 radical (unpaired) electrons. The fourth-order valence-electron chi connectivity index (χ4n) is 1.68. The first kappa shape index (κ1) is 17.1. The van der Waals surface area contributed by atoms with Gasteiger partial charge in [-0.3, -0.25) is 0 Å². The minimum absolute atomic E-state index is 0. The van der Waals surface area contributed by atoms with Crippen LogP contribution in [0.4, 0.5) is 0 Å². The van der Waals surface area contributed by atoms with E-state index in [9.17, 15) is 0 Å². The van der Waals surface area contributed by atoms with Gasteiger partial charge in [-0.25, -0.2) is 0 Å². The topological polar surface area (TPSA) is 0 Å². The smallest absolute Gasteiger partial charge is 0 e. The first-order chi connectivity index (χ1) is 5.79. The first-order valence-electron chi connectivity index (χ1n) is 4.43. The summed E-state index contributed by atoms with van der Waals surface area (Å²) in [7, 11) is 0. The zero-order valence-electron chi connectivity index (χ0n) is 10.0. The van der Waals surface area contributed by atoms with Crippen LogP contribution in [0.5, 0.6) is 0 Å². The Morgan fingerprint density at radius 2 is 1.60 bits per heavy atom. The number of fused-ring (bicyclic) bond motifs is 1. The maximum Gasteiger partial charge on any atom is 0 e. The average Bonchev–Trinajstić information content (AvgIpc) is 2.47. The summed E-state index contributed by atoms with van der Waals surface area (Å²) in [5.74, 6) is 0.630. The molecule has 0 nitrogen and oxygen atoms in total. The maximum absolute atomic E-state index is 2.24. The van der Waals surface area contributed by atoms with E-state index in [0.717, 1.165) is 0 Å². The monoisotopic (exact) mass is 367 g/mol. The van der Waals surface area contributed by atoms with E-state index in [1.54, 1.807) is 0 Å². The number of hydrogen-bond donors (Lipinski definition) is 0. The van der Waals surface area contributed by atoms with Crippen LogP contribution in [-0.4, -0.2) is 0 Å². The zero-order valence-corrected chi connectivity index (χ0v) is 13.6. The average molecular weight is 366 g/mol. The van der Waals surface area contributed by atoms with Gasteiger partial charge in [0.15, 0.2) is 0 Å². The molecule has 0 spiro atoms. The zero-order chi connectivity index (χ0) is 8.55. The van der Waals surface area contributed by atoms with E-state index in [4.69, 9.17) is 0 Å². The van der Waals surface area contributed by atoms with E-state index in [1.807, 2.05) is 0 Å². The van der Waals surface area contributed by atoms with Crippen molar-refractivity contribution in [3.8, 4) is 0 Å². The van der Waals surface area contributed by atoms with Gasteiger partial charge in [-0.1, -0.05) is 25.8 Å². The second kappa shape index (κ2) is 7.05. The molecule has 0 fully saturated rings. The van der Waals surface area contributed by atoms with Crippen LogP contribution in [-0.2, 0) is 25.8 Å². The van der Waals surface area contributed by atoms with Gasteiger partial charge in [-0.15, -0.1) is 40.6 Å². The van der Waals surface area contributed by atoms with Crippen LogP contribution >= 0.6 is 0 Å². The molecule has 0 saturated carbocycles. The molecule has 2 aromatic rings. The molecular formula is C14H19Hf-3. The Balaban J connectivity index is 0. The molecule has 2 aromatic carbocycles. The third-order valence-corrected chi connectivity index (χ3v) is 2.34. The molecule has 0 aromatic heterocycles. The maximum atomic E-state index is 2.24. The van der Waals surface area contributed by atoms with Crippen LogP contribution in [0.1, 0.15) is 25.3 Å². The summed E-state index contributed by atoms with van der Waals surface area (Å²) in [6, 6.07) is 13.0. The molecule has 0 amide bonds. The van der Waals surface area contributed by atoms with Crippen LogP contribution in [0.25, 0.3) is 10.8 Å². The minimum Gasteiger partial charge on any atom is -0.358 e. The van der Waals surface area contributed by atoms with E-state index in [1.165, 1.54) is 16.3 Å². The molecule has 0 heterocycles. The Morgan fingerprint density at radius 3 is 2.20 bits per heavy atom. The van der Waals surface area contributed by atoms with Gasteiger partial charge in [0.05, 0.1) is 0 Å². The van der Waals surface area contributed by atoms with Crippen LogP contribution in [0.15, 0.2) is 36.4 Å². The molecule has 0 saturated heterocycles. The Hall–Kier alpha value is -0.300. The molecule has 2 rings (SSSR count). The second-order valence-electron chi connectivity index (χ2n) is 3.53. The molecule has 82 valence electrons. The van der Waals surface area contributed by atoms with Crippen LogP contribution in [0, 0.1) is 14.9 Å². The predicted octanol–water partition coefficient (Wildman–Crippen LogP) is 4.58. The summed E-state index contributed by atoms with van der Waals surface area (Å²) in [6.45, 7) is 4.48. The Kier molecular flexibility index (Phi) is 8.04. The van der Waals surface area contributed by atoms with Crippen molar-refractivity contribution in [2.75, 3.05) is 0 Å². The van der Waals surface area contributed by atoms with Gasteiger partial charge in [0.25, 0.3) is 0 Å². The summed E-state index contributed by atoms with van der Waals surface area (Å²) in [6.07, 6.45) is 0. The molecule has 0 unspecified atom stereocenters. The SMILES string of the molecule is CC(C)[c-]1ccc2ccccc21.[CH3-].[CH3-].[Hf]. The van der Waals surface area contributed by atoms with E-state index in [-0.39, 0.29) is 40.7 Å². The van der Waals surface area contributed by atoms with Crippen molar-refractivity contribution in [3.05, 3.63) is 56.8 Å². The fraction of sp³-hybridized carbons (Fsp3) is 0.214. The molecular weight excluding hydrogens is 347 g/mol. The van der Waals surface area contributed by atoms with Crippen LogP contribution < -0.4 is 0 Å². The summed E-state index contributed by atoms with van der Waals surface area (Å²) in [4.78, 5) is 0. The third kappa shape index (κ3) is 3.34. The molecule has 0 aliphatic rings. The summed E-state index contributed by atoms with van der Waals surface area (Å²) >= 11 is 0. The van der Waals surface area contributed by atoms with Crippen LogP contribution in [0.3, 0.4) is 0 Å². The molecule has 0 aliphatic carbocycles. The number of hydrogen-bond acceptors (Lipinski definition) is 0. The summed E-state index contributed by atoms with van der Waals surface area (Å²) < 4.78 is 0. The van der Waals surface area contributed by atoms with Crippen molar-refractivity contribution < 1.29 is 25.8 Å². The normalized spacial score (nSPS) is 9.00. The Bertz CT molecular complexity index is 385. The van der Waals surface area contributed by atoms with Gasteiger partial charge in [-0.05, 0) is 0 Å². The molecule has 0 bridgehead atoms. The van der Waals surface area contributed by atoms with Crippen molar-refractivity contribution >= 4 is 10.8 Å². The summed E-state index contributed by atoms with van der Waals surface area (Å²) in [5.41, 5.74) is 1.46.